The predicted molar refractivity (Wildman–Crippen MR) is 79.2 cm³/mol. The molecule has 0 radical (unpaired) electrons. The Balaban J connectivity index is 1.66. The summed E-state index contributed by atoms with van der Waals surface area (Å²) in [6, 6.07) is 4.57. The van der Waals surface area contributed by atoms with Crippen molar-refractivity contribution in [3.05, 3.63) is 22.4 Å². The zero-order valence-electron chi connectivity index (χ0n) is 11.7. The lowest BCUT2D eigenvalue weighted by atomic mass is 9.45. The average molecular weight is 263 g/mol. The van der Waals surface area contributed by atoms with Crippen LogP contribution in [0.25, 0.3) is 0 Å². The topological polar surface area (TPSA) is 12.0 Å². The van der Waals surface area contributed by atoms with Gasteiger partial charge in [-0.15, -0.1) is 11.3 Å². The molecule has 2 fully saturated rings. The molecule has 0 amide bonds. The molecular weight excluding hydrogens is 238 g/mol. The minimum absolute atomic E-state index is 0.476. The Hall–Kier alpha value is -0.340. The molecule has 0 aromatic carbocycles. The largest absolute Gasteiger partial charge is 0.316 e. The summed E-state index contributed by atoms with van der Waals surface area (Å²) in [4.78, 5) is 1.62. The van der Waals surface area contributed by atoms with Gasteiger partial charge in [0.2, 0.25) is 0 Å². The molecule has 1 spiro atoms. The van der Waals surface area contributed by atoms with Crippen molar-refractivity contribution in [2.45, 2.75) is 51.4 Å². The van der Waals surface area contributed by atoms with Gasteiger partial charge in [0.25, 0.3) is 0 Å². The molecular formula is C16H25NS. The van der Waals surface area contributed by atoms with Gasteiger partial charge in [0.15, 0.2) is 0 Å². The van der Waals surface area contributed by atoms with E-state index in [0.29, 0.717) is 5.41 Å². The molecule has 2 saturated carbocycles. The second-order valence-corrected chi connectivity index (χ2v) is 7.94. The second kappa shape index (κ2) is 4.64. The van der Waals surface area contributed by atoms with E-state index in [1.54, 1.807) is 4.88 Å². The highest BCUT2D eigenvalue weighted by atomic mass is 32.1. The van der Waals surface area contributed by atoms with E-state index in [1.165, 1.54) is 38.6 Å². The van der Waals surface area contributed by atoms with Crippen LogP contribution in [0.5, 0.6) is 0 Å². The fourth-order valence-electron chi connectivity index (χ4n) is 3.98. The Morgan fingerprint density at radius 3 is 2.61 bits per heavy atom. The van der Waals surface area contributed by atoms with Gasteiger partial charge in [0.05, 0.1) is 0 Å². The molecule has 1 nitrogen and oxygen atoms in total. The second-order valence-electron chi connectivity index (χ2n) is 6.99. The number of hydrogen-bond acceptors (Lipinski definition) is 2. The molecule has 2 heteroatoms. The lowest BCUT2D eigenvalue weighted by Gasteiger charge is -2.61. The molecule has 0 atom stereocenters. The summed E-state index contributed by atoms with van der Waals surface area (Å²) in [5, 5.41) is 5.95. The van der Waals surface area contributed by atoms with Crippen LogP contribution in [0.4, 0.5) is 0 Å². The van der Waals surface area contributed by atoms with Crippen molar-refractivity contribution in [3.63, 3.8) is 0 Å². The Bertz CT molecular complexity index is 381. The van der Waals surface area contributed by atoms with Crippen LogP contribution in [0.3, 0.4) is 0 Å². The van der Waals surface area contributed by atoms with Crippen LogP contribution < -0.4 is 5.32 Å². The number of rotatable bonds is 5. The first-order chi connectivity index (χ1) is 8.64. The summed E-state index contributed by atoms with van der Waals surface area (Å²) in [6.07, 6.45) is 7.33. The molecule has 18 heavy (non-hydrogen) atoms. The molecule has 0 saturated heterocycles. The molecule has 2 aliphatic rings. The van der Waals surface area contributed by atoms with E-state index in [4.69, 9.17) is 0 Å². The quantitative estimate of drug-likeness (QED) is 0.839. The minimum Gasteiger partial charge on any atom is -0.316 e. The summed E-state index contributed by atoms with van der Waals surface area (Å²) in [5.74, 6) is 0.753. The first kappa shape index (κ1) is 12.7. The lowest BCUT2D eigenvalue weighted by molar-refractivity contribution is -0.0467. The number of nitrogens with one attached hydrogen (secondary N) is 1. The fraction of sp³-hybridized carbons (Fsp3) is 0.750. The third kappa shape index (κ3) is 2.14. The Morgan fingerprint density at radius 1 is 1.33 bits per heavy atom. The summed E-state index contributed by atoms with van der Waals surface area (Å²) < 4.78 is 0. The standard InChI is InChI=1S/C16H25NS/c1-13(2)9-17-12-16(14-5-3-8-18-14)10-15(11-16)6-4-7-15/h3,5,8,13,17H,4,6-7,9-12H2,1-2H3. The van der Waals surface area contributed by atoms with Gasteiger partial charge in [-0.05, 0) is 55.0 Å². The van der Waals surface area contributed by atoms with Crippen molar-refractivity contribution in [3.8, 4) is 0 Å². The average Bonchev–Trinajstić information content (AvgIpc) is 2.72. The molecule has 3 rings (SSSR count). The minimum atomic E-state index is 0.476. The molecule has 100 valence electrons. The van der Waals surface area contributed by atoms with Crippen molar-refractivity contribution in [1.29, 1.82) is 0 Å². The van der Waals surface area contributed by atoms with E-state index in [-0.39, 0.29) is 0 Å². The molecule has 1 aromatic rings. The maximum absolute atomic E-state index is 3.71. The van der Waals surface area contributed by atoms with Crippen molar-refractivity contribution < 1.29 is 0 Å². The highest BCUT2D eigenvalue weighted by molar-refractivity contribution is 7.10. The Morgan fingerprint density at radius 2 is 2.11 bits per heavy atom. The summed E-state index contributed by atoms with van der Waals surface area (Å²) in [6.45, 7) is 6.92. The first-order valence-electron chi connectivity index (χ1n) is 7.39. The van der Waals surface area contributed by atoms with Gasteiger partial charge in [0, 0.05) is 16.8 Å². The monoisotopic (exact) mass is 263 g/mol. The molecule has 2 aliphatic carbocycles. The van der Waals surface area contributed by atoms with Crippen molar-refractivity contribution in [2.24, 2.45) is 11.3 Å². The van der Waals surface area contributed by atoms with E-state index in [1.807, 2.05) is 11.3 Å². The van der Waals surface area contributed by atoms with E-state index >= 15 is 0 Å². The van der Waals surface area contributed by atoms with E-state index in [0.717, 1.165) is 17.9 Å². The maximum atomic E-state index is 3.71. The van der Waals surface area contributed by atoms with E-state index < -0.39 is 0 Å². The van der Waals surface area contributed by atoms with Crippen LogP contribution in [-0.2, 0) is 5.41 Å². The summed E-state index contributed by atoms with van der Waals surface area (Å²) in [5.41, 5.74) is 1.23. The fourth-order valence-corrected chi connectivity index (χ4v) is 4.91. The van der Waals surface area contributed by atoms with Crippen LogP contribution in [0.1, 0.15) is 50.8 Å². The van der Waals surface area contributed by atoms with Crippen LogP contribution in [0.15, 0.2) is 17.5 Å². The van der Waals surface area contributed by atoms with Crippen LogP contribution in [0.2, 0.25) is 0 Å². The molecule has 0 unspecified atom stereocenters. The zero-order valence-corrected chi connectivity index (χ0v) is 12.5. The summed E-state index contributed by atoms with van der Waals surface area (Å²) in [7, 11) is 0. The van der Waals surface area contributed by atoms with Gasteiger partial charge in [0.1, 0.15) is 0 Å². The van der Waals surface area contributed by atoms with Gasteiger partial charge in [-0.1, -0.05) is 26.3 Å². The molecule has 0 bridgehead atoms. The van der Waals surface area contributed by atoms with Crippen molar-refractivity contribution in [1.82, 2.24) is 5.32 Å². The highest BCUT2D eigenvalue weighted by Crippen LogP contribution is 2.65. The molecule has 1 heterocycles. The van der Waals surface area contributed by atoms with Crippen LogP contribution in [0, 0.1) is 11.3 Å². The van der Waals surface area contributed by atoms with Crippen LogP contribution in [-0.4, -0.2) is 13.1 Å². The Kier molecular flexibility index (Phi) is 3.27. The summed E-state index contributed by atoms with van der Waals surface area (Å²) >= 11 is 1.96. The van der Waals surface area contributed by atoms with Gasteiger partial charge in [-0.3, -0.25) is 0 Å². The first-order valence-corrected chi connectivity index (χ1v) is 8.27. The number of thiophene rings is 1. The Labute approximate surface area is 115 Å². The van der Waals surface area contributed by atoms with Gasteiger partial charge >= 0.3 is 0 Å². The van der Waals surface area contributed by atoms with Gasteiger partial charge in [-0.2, -0.15) is 0 Å². The normalized spacial score (nSPS) is 23.9. The number of hydrogen-bond donors (Lipinski definition) is 1. The smallest absolute Gasteiger partial charge is 0.0182 e. The van der Waals surface area contributed by atoms with Crippen molar-refractivity contribution in [2.75, 3.05) is 13.1 Å². The maximum Gasteiger partial charge on any atom is 0.0182 e. The molecule has 1 N–H and O–H groups in total. The third-order valence-corrected chi connectivity index (χ3v) is 6.02. The molecule has 1 aromatic heterocycles. The molecule has 0 aliphatic heterocycles. The van der Waals surface area contributed by atoms with E-state index in [2.05, 4.69) is 36.7 Å². The lowest BCUT2D eigenvalue weighted by Crippen LogP contribution is -2.57. The third-order valence-electron chi connectivity index (χ3n) is 4.90. The predicted octanol–water partition coefficient (Wildman–Crippen LogP) is 4.20. The zero-order chi connectivity index (χ0) is 12.6. The van der Waals surface area contributed by atoms with E-state index in [9.17, 15) is 0 Å². The van der Waals surface area contributed by atoms with Crippen molar-refractivity contribution >= 4 is 11.3 Å². The van der Waals surface area contributed by atoms with Gasteiger partial charge < -0.3 is 5.32 Å². The van der Waals surface area contributed by atoms with Gasteiger partial charge in [-0.25, -0.2) is 0 Å². The SMILES string of the molecule is CC(C)CNCC1(c2cccs2)CC2(CCC2)C1. The highest BCUT2D eigenvalue weighted by Gasteiger charge is 2.57. The van der Waals surface area contributed by atoms with Crippen LogP contribution >= 0.6 is 11.3 Å².